The molecular weight excluding hydrogens is 130 g/mol. The summed E-state index contributed by atoms with van der Waals surface area (Å²) in [7, 11) is 0. The van der Waals surface area contributed by atoms with E-state index in [2.05, 4.69) is 25.1 Å². The van der Waals surface area contributed by atoms with Crippen molar-refractivity contribution in [1.82, 2.24) is 4.98 Å². The standard InChI is InChI=1S/C5H7NS.C2H4/c1-2-5-6-3-4-7-5;1-2/h3-4H,2H2,1H3;1-2H2. The van der Waals surface area contributed by atoms with E-state index >= 15 is 0 Å². The second kappa shape index (κ2) is 5.51. The van der Waals surface area contributed by atoms with Crippen molar-refractivity contribution in [3.8, 4) is 0 Å². The van der Waals surface area contributed by atoms with Crippen LogP contribution in [0.25, 0.3) is 0 Å². The maximum absolute atomic E-state index is 4.05. The zero-order valence-corrected chi connectivity index (χ0v) is 6.45. The smallest absolute Gasteiger partial charge is 0.0922 e. The van der Waals surface area contributed by atoms with E-state index in [4.69, 9.17) is 0 Å². The third-order valence-corrected chi connectivity index (χ3v) is 1.71. The Morgan fingerprint density at radius 2 is 2.33 bits per heavy atom. The van der Waals surface area contributed by atoms with Gasteiger partial charge in [-0.25, -0.2) is 4.98 Å². The molecule has 0 fully saturated rings. The van der Waals surface area contributed by atoms with Gasteiger partial charge in [-0.1, -0.05) is 6.92 Å². The molecule has 1 aromatic heterocycles. The van der Waals surface area contributed by atoms with Crippen LogP contribution in [0.4, 0.5) is 0 Å². The van der Waals surface area contributed by atoms with Crippen LogP contribution in [0.15, 0.2) is 24.7 Å². The molecule has 2 heteroatoms. The van der Waals surface area contributed by atoms with Crippen LogP contribution < -0.4 is 0 Å². The van der Waals surface area contributed by atoms with Crippen molar-refractivity contribution < 1.29 is 0 Å². The second-order valence-corrected chi connectivity index (χ2v) is 2.26. The van der Waals surface area contributed by atoms with Crippen molar-refractivity contribution in [2.24, 2.45) is 0 Å². The second-order valence-electron chi connectivity index (χ2n) is 1.28. The van der Waals surface area contributed by atoms with Crippen molar-refractivity contribution in [1.29, 1.82) is 0 Å². The summed E-state index contributed by atoms with van der Waals surface area (Å²) in [5.74, 6) is 0. The molecule has 0 aliphatic heterocycles. The fourth-order valence-electron chi connectivity index (χ4n) is 0.428. The maximum Gasteiger partial charge on any atom is 0.0922 e. The Balaban J connectivity index is 0.000000291. The predicted molar refractivity (Wildman–Crippen MR) is 42.7 cm³/mol. The summed E-state index contributed by atoms with van der Waals surface area (Å²) in [5, 5.41) is 3.22. The third kappa shape index (κ3) is 3.03. The van der Waals surface area contributed by atoms with E-state index in [0.29, 0.717) is 0 Å². The van der Waals surface area contributed by atoms with Gasteiger partial charge in [0.15, 0.2) is 0 Å². The van der Waals surface area contributed by atoms with Crippen LogP contribution in [-0.4, -0.2) is 4.98 Å². The molecule has 0 bridgehead atoms. The van der Waals surface area contributed by atoms with Gasteiger partial charge in [0.05, 0.1) is 5.01 Å². The molecule has 1 rings (SSSR count). The third-order valence-electron chi connectivity index (χ3n) is 0.786. The van der Waals surface area contributed by atoms with Crippen LogP contribution in [0, 0.1) is 0 Å². The average molecular weight is 141 g/mol. The van der Waals surface area contributed by atoms with Gasteiger partial charge in [-0.3, -0.25) is 0 Å². The van der Waals surface area contributed by atoms with Gasteiger partial charge >= 0.3 is 0 Å². The van der Waals surface area contributed by atoms with E-state index in [9.17, 15) is 0 Å². The summed E-state index contributed by atoms with van der Waals surface area (Å²) in [5.41, 5.74) is 0. The first-order chi connectivity index (χ1) is 4.43. The van der Waals surface area contributed by atoms with Crippen LogP contribution >= 0.6 is 11.3 Å². The Bertz CT molecular complexity index is 135. The van der Waals surface area contributed by atoms with E-state index in [1.54, 1.807) is 11.3 Å². The number of hydrogen-bond donors (Lipinski definition) is 0. The molecular formula is C7H11NS. The first-order valence-electron chi connectivity index (χ1n) is 2.82. The Labute approximate surface area is 60.1 Å². The molecule has 0 saturated carbocycles. The van der Waals surface area contributed by atoms with Crippen molar-refractivity contribution in [2.75, 3.05) is 0 Å². The lowest BCUT2D eigenvalue weighted by Gasteiger charge is -1.77. The van der Waals surface area contributed by atoms with E-state index < -0.39 is 0 Å². The lowest BCUT2D eigenvalue weighted by molar-refractivity contribution is 1.09. The molecule has 0 unspecified atom stereocenters. The average Bonchev–Trinajstić information content (AvgIpc) is 2.43. The van der Waals surface area contributed by atoms with Gasteiger partial charge in [0, 0.05) is 11.6 Å². The van der Waals surface area contributed by atoms with E-state index in [1.807, 2.05) is 11.6 Å². The SMILES string of the molecule is C=C.CCc1nccs1. The molecule has 0 aliphatic rings. The molecule has 1 nitrogen and oxygen atoms in total. The largest absolute Gasteiger partial charge is 0.250 e. The van der Waals surface area contributed by atoms with Crippen LogP contribution in [0.5, 0.6) is 0 Å². The van der Waals surface area contributed by atoms with E-state index in [1.165, 1.54) is 5.01 Å². The predicted octanol–water partition coefficient (Wildman–Crippen LogP) is 2.51. The van der Waals surface area contributed by atoms with Crippen molar-refractivity contribution in [3.63, 3.8) is 0 Å². The Hall–Kier alpha value is -0.630. The quantitative estimate of drug-likeness (QED) is 0.547. The van der Waals surface area contributed by atoms with Crippen molar-refractivity contribution in [2.45, 2.75) is 13.3 Å². The molecule has 0 aromatic carbocycles. The molecule has 0 spiro atoms. The molecule has 0 atom stereocenters. The zero-order chi connectivity index (χ0) is 7.11. The molecule has 0 N–H and O–H groups in total. The van der Waals surface area contributed by atoms with Crippen LogP contribution in [-0.2, 0) is 6.42 Å². The molecule has 0 radical (unpaired) electrons. The molecule has 1 heterocycles. The van der Waals surface area contributed by atoms with Gasteiger partial charge in [0.2, 0.25) is 0 Å². The minimum atomic E-state index is 1.07. The van der Waals surface area contributed by atoms with Gasteiger partial charge in [-0.15, -0.1) is 24.5 Å². The highest BCUT2D eigenvalue weighted by atomic mass is 32.1. The zero-order valence-electron chi connectivity index (χ0n) is 5.63. The fraction of sp³-hybridized carbons (Fsp3) is 0.286. The molecule has 1 aromatic rings. The first kappa shape index (κ1) is 8.37. The van der Waals surface area contributed by atoms with Gasteiger partial charge in [0.25, 0.3) is 0 Å². The van der Waals surface area contributed by atoms with Gasteiger partial charge in [0.1, 0.15) is 0 Å². The highest BCUT2D eigenvalue weighted by Crippen LogP contribution is 2.02. The number of aromatic nitrogens is 1. The minimum absolute atomic E-state index is 1.07. The lowest BCUT2D eigenvalue weighted by atomic mass is 10.5. The maximum atomic E-state index is 4.05. The summed E-state index contributed by atoms with van der Waals surface area (Å²) in [6.07, 6.45) is 2.90. The summed E-state index contributed by atoms with van der Waals surface area (Å²) in [4.78, 5) is 4.05. The molecule has 0 saturated heterocycles. The number of thiazole rings is 1. The minimum Gasteiger partial charge on any atom is -0.250 e. The van der Waals surface area contributed by atoms with Gasteiger partial charge in [-0.2, -0.15) is 0 Å². The van der Waals surface area contributed by atoms with Crippen LogP contribution in [0.2, 0.25) is 0 Å². The van der Waals surface area contributed by atoms with Crippen LogP contribution in [0.1, 0.15) is 11.9 Å². The lowest BCUT2D eigenvalue weighted by Crippen LogP contribution is -1.70. The highest BCUT2D eigenvalue weighted by molar-refractivity contribution is 7.09. The fourth-order valence-corrected chi connectivity index (χ4v) is 0.995. The van der Waals surface area contributed by atoms with E-state index in [0.717, 1.165) is 6.42 Å². The summed E-state index contributed by atoms with van der Waals surface area (Å²) in [6, 6.07) is 0. The van der Waals surface area contributed by atoms with Crippen LogP contribution in [0.3, 0.4) is 0 Å². The van der Waals surface area contributed by atoms with Crippen molar-refractivity contribution in [3.05, 3.63) is 29.7 Å². The monoisotopic (exact) mass is 141 g/mol. The van der Waals surface area contributed by atoms with Gasteiger partial charge < -0.3 is 0 Å². The summed E-state index contributed by atoms with van der Waals surface area (Å²) >= 11 is 1.71. The Kier molecular flexibility index (Phi) is 5.12. The number of rotatable bonds is 1. The van der Waals surface area contributed by atoms with E-state index in [-0.39, 0.29) is 0 Å². The number of hydrogen-bond acceptors (Lipinski definition) is 2. The first-order valence-corrected chi connectivity index (χ1v) is 3.70. The number of aryl methyl sites for hydroxylation is 1. The molecule has 9 heavy (non-hydrogen) atoms. The van der Waals surface area contributed by atoms with Crippen molar-refractivity contribution >= 4 is 11.3 Å². The molecule has 0 aliphatic carbocycles. The number of nitrogens with zero attached hydrogens (tertiary/aromatic N) is 1. The summed E-state index contributed by atoms with van der Waals surface area (Å²) < 4.78 is 0. The molecule has 0 amide bonds. The topological polar surface area (TPSA) is 12.9 Å². The Morgan fingerprint density at radius 3 is 2.56 bits per heavy atom. The Morgan fingerprint density at radius 1 is 1.67 bits per heavy atom. The highest BCUT2D eigenvalue weighted by Gasteiger charge is 1.84. The van der Waals surface area contributed by atoms with Gasteiger partial charge in [-0.05, 0) is 6.42 Å². The normalized spacial score (nSPS) is 7.67. The molecule has 50 valence electrons. The summed E-state index contributed by atoms with van der Waals surface area (Å²) in [6.45, 7) is 8.11.